The van der Waals surface area contributed by atoms with Gasteiger partial charge in [-0.05, 0) is 0 Å². The molecule has 0 aromatic heterocycles. The zero-order valence-corrected chi connectivity index (χ0v) is 11.5. The van der Waals surface area contributed by atoms with Gasteiger partial charge >= 0.3 is 0 Å². The Labute approximate surface area is 117 Å². The number of hydrogen-bond acceptors (Lipinski definition) is 5. The second kappa shape index (κ2) is 6.26. The van der Waals surface area contributed by atoms with Gasteiger partial charge in [-0.25, -0.2) is 4.99 Å². The van der Waals surface area contributed by atoms with E-state index in [1.807, 2.05) is 14.1 Å². The van der Waals surface area contributed by atoms with Gasteiger partial charge in [0.2, 0.25) is 0 Å². The van der Waals surface area contributed by atoms with Crippen LogP contribution in [0.1, 0.15) is 12.0 Å². The highest BCUT2D eigenvalue weighted by Crippen LogP contribution is 2.38. The average molecular weight is 275 g/mol. The number of hydrogen-bond donors (Lipinski definition) is 1. The molecule has 0 amide bonds. The first kappa shape index (κ1) is 14.2. The number of ether oxygens (including phenoxy) is 2. The van der Waals surface area contributed by atoms with Crippen LogP contribution >= 0.6 is 0 Å². The van der Waals surface area contributed by atoms with E-state index in [9.17, 15) is 0 Å². The van der Waals surface area contributed by atoms with Crippen LogP contribution in [0.5, 0.6) is 11.5 Å². The van der Waals surface area contributed by atoms with E-state index in [0.29, 0.717) is 35.8 Å². The van der Waals surface area contributed by atoms with Crippen LogP contribution in [0.4, 0.5) is 5.69 Å². The molecule has 1 unspecified atom stereocenters. The number of benzene rings is 1. The molecule has 2 rings (SSSR count). The maximum Gasteiger partial charge on any atom is 0.164 e. The highest BCUT2D eigenvalue weighted by molar-refractivity contribution is 5.68. The Kier molecular flexibility index (Phi) is 4.43. The van der Waals surface area contributed by atoms with Crippen molar-refractivity contribution in [2.75, 3.05) is 27.3 Å². The molecule has 1 aromatic carbocycles. The van der Waals surface area contributed by atoms with Crippen LogP contribution in [0, 0.1) is 11.3 Å². The van der Waals surface area contributed by atoms with Crippen LogP contribution in [-0.4, -0.2) is 49.8 Å². The first-order valence-corrected chi connectivity index (χ1v) is 6.33. The first-order chi connectivity index (χ1) is 9.63. The summed E-state index contributed by atoms with van der Waals surface area (Å²) in [7, 11) is 3.70. The van der Waals surface area contributed by atoms with Gasteiger partial charge in [-0.3, -0.25) is 0 Å². The fourth-order valence-corrected chi connectivity index (χ4v) is 1.81. The molecule has 0 radical (unpaired) electrons. The number of nitriles is 1. The van der Waals surface area contributed by atoms with Crippen molar-refractivity contribution in [3.63, 3.8) is 0 Å². The quantitative estimate of drug-likeness (QED) is 0.662. The number of aliphatic hydroxyl groups is 1. The van der Waals surface area contributed by atoms with E-state index in [2.05, 4.69) is 11.1 Å². The largest absolute Gasteiger partial charge is 0.486 e. The first-order valence-electron chi connectivity index (χ1n) is 6.33. The van der Waals surface area contributed by atoms with Gasteiger partial charge in [0.25, 0.3) is 0 Å². The van der Waals surface area contributed by atoms with Crippen molar-refractivity contribution < 1.29 is 14.6 Å². The van der Waals surface area contributed by atoms with E-state index in [1.165, 1.54) is 0 Å². The summed E-state index contributed by atoms with van der Waals surface area (Å²) in [5.41, 5.74) is 0.972. The molecule has 1 aliphatic rings. The minimum Gasteiger partial charge on any atom is -0.486 e. The van der Waals surface area contributed by atoms with E-state index in [-0.39, 0.29) is 12.7 Å². The molecular weight excluding hydrogens is 258 g/mol. The molecule has 0 saturated heterocycles. The zero-order chi connectivity index (χ0) is 14.5. The molecule has 1 heterocycles. The summed E-state index contributed by atoms with van der Waals surface area (Å²) in [5.74, 6) is 1.10. The molecule has 1 atom stereocenters. The van der Waals surface area contributed by atoms with E-state index in [4.69, 9.17) is 19.8 Å². The highest BCUT2D eigenvalue weighted by atomic mass is 16.6. The third kappa shape index (κ3) is 3.19. The summed E-state index contributed by atoms with van der Waals surface area (Å²) < 4.78 is 11.3. The molecule has 1 aliphatic heterocycles. The Balaban J connectivity index is 2.31. The number of rotatable bonds is 4. The number of aliphatic imine (C=N–C) groups is 1. The van der Waals surface area contributed by atoms with Crippen molar-refractivity contribution in [3.05, 3.63) is 17.7 Å². The van der Waals surface area contributed by atoms with E-state index < -0.39 is 0 Å². The summed E-state index contributed by atoms with van der Waals surface area (Å²) in [5, 5.41) is 18.1. The SMILES string of the molecule is CN(C)/C=N/c1cc2c(cc1C#N)OCC(CCO)O2. The van der Waals surface area contributed by atoms with E-state index in [0.717, 1.165) is 0 Å². The van der Waals surface area contributed by atoms with Crippen LogP contribution < -0.4 is 9.47 Å². The van der Waals surface area contributed by atoms with Gasteiger partial charge in [0.1, 0.15) is 18.8 Å². The molecule has 0 fully saturated rings. The molecule has 106 valence electrons. The van der Waals surface area contributed by atoms with Crippen molar-refractivity contribution in [2.45, 2.75) is 12.5 Å². The summed E-state index contributed by atoms with van der Waals surface area (Å²) in [6, 6.07) is 5.42. The summed E-state index contributed by atoms with van der Waals surface area (Å²) >= 11 is 0. The van der Waals surface area contributed by atoms with Crippen molar-refractivity contribution in [2.24, 2.45) is 4.99 Å². The molecule has 0 bridgehead atoms. The van der Waals surface area contributed by atoms with E-state index in [1.54, 1.807) is 23.4 Å². The third-order valence-corrected chi connectivity index (χ3v) is 2.78. The fraction of sp³-hybridized carbons (Fsp3) is 0.429. The molecule has 1 aromatic rings. The van der Waals surface area contributed by atoms with Crippen LogP contribution in [-0.2, 0) is 0 Å². The zero-order valence-electron chi connectivity index (χ0n) is 11.5. The van der Waals surface area contributed by atoms with Gasteiger partial charge < -0.3 is 19.5 Å². The predicted octanol–water partition coefficient (Wildman–Crippen LogP) is 1.30. The smallest absolute Gasteiger partial charge is 0.164 e. The number of nitrogens with zero attached hydrogens (tertiary/aromatic N) is 3. The van der Waals surface area contributed by atoms with Crippen molar-refractivity contribution in [3.8, 4) is 17.6 Å². The molecule has 1 N–H and O–H groups in total. The Bertz CT molecular complexity index is 549. The minimum atomic E-state index is -0.175. The lowest BCUT2D eigenvalue weighted by molar-refractivity contribution is 0.0705. The standard InChI is InChI=1S/C14H17N3O3/c1-17(2)9-16-12-6-14-13(5-10(12)7-15)19-8-11(20-14)3-4-18/h5-6,9,11,18H,3-4,8H2,1-2H3/b16-9+. The van der Waals surface area contributed by atoms with Gasteiger partial charge in [0, 0.05) is 39.3 Å². The summed E-state index contributed by atoms with van der Waals surface area (Å²) in [6.45, 7) is 0.421. The lowest BCUT2D eigenvalue weighted by Crippen LogP contribution is -2.29. The lowest BCUT2D eigenvalue weighted by atomic mass is 10.1. The maximum absolute atomic E-state index is 9.15. The van der Waals surface area contributed by atoms with Gasteiger partial charge in [0.05, 0.1) is 17.6 Å². The molecule has 0 spiro atoms. The van der Waals surface area contributed by atoms with E-state index >= 15 is 0 Å². The summed E-state index contributed by atoms with van der Waals surface area (Å²) in [6.07, 6.45) is 1.96. The molecule has 0 aliphatic carbocycles. The number of fused-ring (bicyclic) bond motifs is 1. The average Bonchev–Trinajstić information content (AvgIpc) is 2.44. The second-order valence-electron chi connectivity index (χ2n) is 4.70. The van der Waals surface area contributed by atoms with Crippen LogP contribution in [0.2, 0.25) is 0 Å². The normalized spacial score (nSPS) is 17.0. The Morgan fingerprint density at radius 3 is 2.95 bits per heavy atom. The van der Waals surface area contributed by atoms with Crippen LogP contribution in [0.25, 0.3) is 0 Å². The van der Waals surface area contributed by atoms with Gasteiger partial charge in [-0.1, -0.05) is 0 Å². The van der Waals surface area contributed by atoms with Crippen molar-refractivity contribution >= 4 is 12.0 Å². The lowest BCUT2D eigenvalue weighted by Gasteiger charge is -2.26. The molecular formula is C14H17N3O3. The van der Waals surface area contributed by atoms with Crippen molar-refractivity contribution in [1.29, 1.82) is 5.26 Å². The Hall–Kier alpha value is -2.26. The van der Waals surface area contributed by atoms with Crippen LogP contribution in [0.3, 0.4) is 0 Å². The molecule has 0 saturated carbocycles. The minimum absolute atomic E-state index is 0.0469. The van der Waals surface area contributed by atoms with Gasteiger partial charge in [-0.2, -0.15) is 5.26 Å². The van der Waals surface area contributed by atoms with Gasteiger partial charge in [0.15, 0.2) is 11.5 Å². The second-order valence-corrected chi connectivity index (χ2v) is 4.70. The van der Waals surface area contributed by atoms with Crippen molar-refractivity contribution in [1.82, 2.24) is 4.90 Å². The van der Waals surface area contributed by atoms with Gasteiger partial charge in [-0.15, -0.1) is 0 Å². The van der Waals surface area contributed by atoms with Crippen LogP contribution in [0.15, 0.2) is 17.1 Å². The number of aliphatic hydroxyl groups excluding tert-OH is 1. The Morgan fingerprint density at radius 1 is 1.50 bits per heavy atom. The highest BCUT2D eigenvalue weighted by Gasteiger charge is 2.22. The molecule has 6 nitrogen and oxygen atoms in total. The molecule has 20 heavy (non-hydrogen) atoms. The predicted molar refractivity (Wildman–Crippen MR) is 74.6 cm³/mol. The Morgan fingerprint density at radius 2 is 2.30 bits per heavy atom. The topological polar surface area (TPSA) is 78.1 Å². The maximum atomic E-state index is 9.15. The molecule has 6 heteroatoms. The fourth-order valence-electron chi connectivity index (χ4n) is 1.81. The third-order valence-electron chi connectivity index (χ3n) is 2.78. The summed E-state index contributed by atoms with van der Waals surface area (Å²) in [4.78, 5) is 6.03. The monoisotopic (exact) mass is 275 g/mol.